The first-order valence-electron chi connectivity index (χ1n) is 8.71. The van der Waals surface area contributed by atoms with Gasteiger partial charge in [0, 0.05) is 29.2 Å². The van der Waals surface area contributed by atoms with Crippen molar-refractivity contribution in [3.8, 4) is 0 Å². The molecule has 146 valence electrons. The van der Waals surface area contributed by atoms with E-state index in [-0.39, 0.29) is 18.7 Å². The van der Waals surface area contributed by atoms with Crippen LogP contribution < -0.4 is 11.1 Å². The molecule has 4 N–H and O–H groups in total. The minimum absolute atomic E-state index is 0.0990. The monoisotopic (exact) mass is 393 g/mol. The lowest BCUT2D eigenvalue weighted by atomic mass is 9.97. The molecule has 0 bridgehead atoms. The highest BCUT2D eigenvalue weighted by molar-refractivity contribution is 6.31. The molecule has 0 aliphatic carbocycles. The zero-order chi connectivity index (χ0) is 20.2. The van der Waals surface area contributed by atoms with Gasteiger partial charge in [-0.3, -0.25) is 9.78 Å². The Bertz CT molecular complexity index is 808. The second-order valence-corrected chi connectivity index (χ2v) is 7.98. The Hall–Kier alpha value is -2.02. The van der Waals surface area contributed by atoms with Gasteiger partial charge in [-0.15, -0.1) is 0 Å². The van der Waals surface area contributed by atoms with Gasteiger partial charge in [0.05, 0.1) is 17.4 Å². The first kappa shape index (κ1) is 21.3. The molecular weight excluding hydrogens is 369 g/mol. The van der Waals surface area contributed by atoms with E-state index in [9.17, 15) is 14.3 Å². The number of carbonyl (C=O) groups excluding carboxylic acids is 1. The van der Waals surface area contributed by atoms with E-state index in [0.29, 0.717) is 21.8 Å². The van der Waals surface area contributed by atoms with Crippen LogP contribution in [-0.4, -0.2) is 33.7 Å². The summed E-state index contributed by atoms with van der Waals surface area (Å²) in [5, 5.41) is 13.8. The fraction of sp³-hybridized carbons (Fsp3) is 0.400. The summed E-state index contributed by atoms with van der Waals surface area (Å²) in [6.07, 6.45) is 0.890. The highest BCUT2D eigenvalue weighted by Crippen LogP contribution is 2.20. The number of hydrogen-bond donors (Lipinski definition) is 3. The van der Waals surface area contributed by atoms with Gasteiger partial charge in [0.25, 0.3) is 5.91 Å². The second-order valence-electron chi connectivity index (χ2n) is 7.58. The molecule has 7 heteroatoms. The summed E-state index contributed by atoms with van der Waals surface area (Å²) in [6, 6.07) is 6.66. The van der Waals surface area contributed by atoms with Crippen LogP contribution in [0.2, 0.25) is 5.02 Å². The van der Waals surface area contributed by atoms with E-state index in [1.807, 2.05) is 20.8 Å². The zero-order valence-corrected chi connectivity index (χ0v) is 16.4. The maximum absolute atomic E-state index is 13.4. The largest absolute Gasteiger partial charge is 0.391 e. The molecule has 0 spiro atoms. The SMILES string of the molecule is CC(C)(C)NC(=O)c1cccnc1C[C@H](O)[C@H](N)Cc1cc(F)ccc1Cl. The van der Waals surface area contributed by atoms with E-state index < -0.39 is 23.5 Å². The van der Waals surface area contributed by atoms with Gasteiger partial charge in [-0.25, -0.2) is 4.39 Å². The van der Waals surface area contributed by atoms with Crippen LogP contribution in [0.25, 0.3) is 0 Å². The number of nitrogens with two attached hydrogens (primary N) is 1. The molecule has 0 saturated carbocycles. The van der Waals surface area contributed by atoms with Crippen molar-refractivity contribution in [2.24, 2.45) is 5.73 Å². The van der Waals surface area contributed by atoms with Crippen LogP contribution in [0.4, 0.5) is 4.39 Å². The van der Waals surface area contributed by atoms with Gasteiger partial charge in [0.1, 0.15) is 5.82 Å². The molecule has 1 amide bonds. The molecule has 1 aromatic heterocycles. The van der Waals surface area contributed by atoms with Crippen molar-refractivity contribution in [3.63, 3.8) is 0 Å². The predicted octanol–water partition coefficient (Wildman–Crippen LogP) is 2.88. The molecular formula is C20H25ClFN3O2. The lowest BCUT2D eigenvalue weighted by Gasteiger charge is -2.23. The van der Waals surface area contributed by atoms with Crippen molar-refractivity contribution in [1.29, 1.82) is 0 Å². The van der Waals surface area contributed by atoms with Gasteiger partial charge in [0.2, 0.25) is 0 Å². The van der Waals surface area contributed by atoms with Crippen molar-refractivity contribution >= 4 is 17.5 Å². The van der Waals surface area contributed by atoms with Crippen molar-refractivity contribution in [3.05, 3.63) is 64.2 Å². The van der Waals surface area contributed by atoms with Crippen LogP contribution in [0.15, 0.2) is 36.5 Å². The third kappa shape index (κ3) is 6.27. The lowest BCUT2D eigenvalue weighted by molar-refractivity contribution is 0.0916. The van der Waals surface area contributed by atoms with Gasteiger partial charge >= 0.3 is 0 Å². The summed E-state index contributed by atoms with van der Waals surface area (Å²) in [5.74, 6) is -0.679. The van der Waals surface area contributed by atoms with Gasteiger partial charge in [-0.1, -0.05) is 11.6 Å². The summed E-state index contributed by atoms with van der Waals surface area (Å²) >= 11 is 6.06. The molecule has 0 aliphatic heterocycles. The maximum Gasteiger partial charge on any atom is 0.253 e. The summed E-state index contributed by atoms with van der Waals surface area (Å²) < 4.78 is 13.4. The normalized spacial score (nSPS) is 13.9. The fourth-order valence-electron chi connectivity index (χ4n) is 2.65. The number of rotatable bonds is 6. The summed E-state index contributed by atoms with van der Waals surface area (Å²) in [4.78, 5) is 16.7. The zero-order valence-electron chi connectivity index (χ0n) is 15.7. The molecule has 1 aromatic carbocycles. The number of aromatic nitrogens is 1. The molecule has 1 heterocycles. The van der Waals surface area contributed by atoms with Crippen molar-refractivity contribution in [2.45, 2.75) is 51.3 Å². The third-order valence-corrected chi connectivity index (χ3v) is 4.35. The molecule has 27 heavy (non-hydrogen) atoms. The Balaban J connectivity index is 2.12. The molecule has 2 rings (SSSR count). The molecule has 0 fully saturated rings. The van der Waals surface area contributed by atoms with E-state index in [2.05, 4.69) is 10.3 Å². The molecule has 2 atom stereocenters. The van der Waals surface area contributed by atoms with Crippen molar-refractivity contribution in [1.82, 2.24) is 10.3 Å². The van der Waals surface area contributed by atoms with E-state index in [4.69, 9.17) is 17.3 Å². The maximum atomic E-state index is 13.4. The molecule has 0 saturated heterocycles. The van der Waals surface area contributed by atoms with Crippen LogP contribution in [0, 0.1) is 5.82 Å². The first-order chi connectivity index (χ1) is 12.6. The minimum atomic E-state index is -0.972. The molecule has 2 aromatic rings. The number of aliphatic hydroxyl groups is 1. The Morgan fingerprint density at radius 1 is 1.33 bits per heavy atom. The second kappa shape index (κ2) is 8.78. The standard InChI is InChI=1S/C20H25ClFN3O2/c1-20(2,3)25-19(27)14-5-4-8-24-17(14)11-18(26)16(23)10-12-9-13(22)6-7-15(12)21/h4-9,16,18,26H,10-11,23H2,1-3H3,(H,25,27)/t16-,18+/m1/s1. The number of hydrogen-bond acceptors (Lipinski definition) is 4. The van der Waals surface area contributed by atoms with E-state index in [1.165, 1.54) is 18.2 Å². The lowest BCUT2D eigenvalue weighted by Crippen LogP contribution is -2.42. The van der Waals surface area contributed by atoms with Crippen LogP contribution >= 0.6 is 11.6 Å². The number of benzene rings is 1. The highest BCUT2D eigenvalue weighted by Gasteiger charge is 2.23. The molecule has 0 aliphatic rings. The summed E-state index contributed by atoms with van der Waals surface area (Å²) in [6.45, 7) is 5.65. The summed E-state index contributed by atoms with van der Waals surface area (Å²) in [5.41, 5.74) is 7.05. The van der Waals surface area contributed by atoms with Gasteiger partial charge < -0.3 is 16.2 Å². The van der Waals surface area contributed by atoms with Crippen LogP contribution in [0.3, 0.4) is 0 Å². The fourth-order valence-corrected chi connectivity index (χ4v) is 2.85. The smallest absolute Gasteiger partial charge is 0.253 e. The number of halogens is 2. The Labute approximate surface area is 163 Å². The summed E-state index contributed by atoms with van der Waals surface area (Å²) in [7, 11) is 0. The van der Waals surface area contributed by atoms with Gasteiger partial charge in [0.15, 0.2) is 0 Å². The quantitative estimate of drug-likeness (QED) is 0.704. The Kier molecular flexibility index (Phi) is 6.92. The topological polar surface area (TPSA) is 88.2 Å². The number of carbonyl (C=O) groups is 1. The highest BCUT2D eigenvalue weighted by atomic mass is 35.5. The number of aliphatic hydroxyl groups excluding tert-OH is 1. The van der Waals surface area contributed by atoms with Crippen LogP contribution in [-0.2, 0) is 12.8 Å². The predicted molar refractivity (Wildman–Crippen MR) is 104 cm³/mol. The third-order valence-electron chi connectivity index (χ3n) is 3.98. The van der Waals surface area contributed by atoms with Crippen LogP contribution in [0.1, 0.15) is 42.4 Å². The van der Waals surface area contributed by atoms with Gasteiger partial charge in [-0.05, 0) is 63.1 Å². The minimum Gasteiger partial charge on any atom is -0.391 e. The molecule has 0 unspecified atom stereocenters. The number of nitrogens with one attached hydrogen (secondary N) is 1. The number of amides is 1. The Morgan fingerprint density at radius 2 is 2.04 bits per heavy atom. The van der Waals surface area contributed by atoms with Crippen molar-refractivity contribution < 1.29 is 14.3 Å². The van der Waals surface area contributed by atoms with E-state index in [0.717, 1.165) is 0 Å². The molecule has 5 nitrogen and oxygen atoms in total. The van der Waals surface area contributed by atoms with Crippen molar-refractivity contribution in [2.75, 3.05) is 0 Å². The van der Waals surface area contributed by atoms with E-state index >= 15 is 0 Å². The average molecular weight is 394 g/mol. The number of nitrogens with zero attached hydrogens (tertiary/aromatic N) is 1. The van der Waals surface area contributed by atoms with E-state index in [1.54, 1.807) is 18.3 Å². The number of pyridine rings is 1. The average Bonchev–Trinajstić information content (AvgIpc) is 2.57. The van der Waals surface area contributed by atoms with Crippen LogP contribution in [0.5, 0.6) is 0 Å². The molecule has 0 radical (unpaired) electrons. The Morgan fingerprint density at radius 3 is 2.70 bits per heavy atom. The van der Waals surface area contributed by atoms with Gasteiger partial charge in [-0.2, -0.15) is 0 Å². The first-order valence-corrected chi connectivity index (χ1v) is 9.08.